The molecule has 1 aliphatic carbocycles. The summed E-state index contributed by atoms with van der Waals surface area (Å²) in [6, 6.07) is 10.5. The molecule has 0 aliphatic heterocycles. The number of imidazole rings is 1. The van der Waals surface area contributed by atoms with Crippen molar-refractivity contribution in [2.24, 2.45) is 7.05 Å². The monoisotopic (exact) mass is 375 g/mol. The van der Waals surface area contributed by atoms with Crippen molar-refractivity contribution in [3.05, 3.63) is 53.5 Å². The van der Waals surface area contributed by atoms with E-state index in [2.05, 4.69) is 43.8 Å². The van der Waals surface area contributed by atoms with Gasteiger partial charge in [0.15, 0.2) is 5.82 Å². The van der Waals surface area contributed by atoms with Gasteiger partial charge in [0.25, 0.3) is 0 Å². The highest BCUT2D eigenvalue weighted by molar-refractivity contribution is 5.76. The van der Waals surface area contributed by atoms with E-state index in [1.807, 2.05) is 32.0 Å². The maximum atomic E-state index is 5.35. The molecule has 0 amide bonds. The summed E-state index contributed by atoms with van der Waals surface area (Å²) < 4.78 is 9.27. The molecular formula is C20H21N7O. The first-order valence-electron chi connectivity index (χ1n) is 9.30. The lowest BCUT2D eigenvalue weighted by molar-refractivity contribution is 0.376. The van der Waals surface area contributed by atoms with E-state index in [-0.39, 0.29) is 5.92 Å². The smallest absolute Gasteiger partial charge is 0.318 e. The zero-order valence-corrected chi connectivity index (χ0v) is 16.3. The highest BCUT2D eigenvalue weighted by Crippen LogP contribution is 2.54. The summed E-state index contributed by atoms with van der Waals surface area (Å²) in [6.07, 6.45) is 1.01. The van der Waals surface area contributed by atoms with E-state index >= 15 is 0 Å². The summed E-state index contributed by atoms with van der Waals surface area (Å²) in [6.45, 7) is 3.78. The number of ether oxygens (including phenoxy) is 1. The minimum absolute atomic E-state index is 0.288. The van der Waals surface area contributed by atoms with Crippen molar-refractivity contribution in [1.29, 1.82) is 0 Å². The lowest BCUT2D eigenvalue weighted by Crippen LogP contribution is -2.07. The number of hydrogen-bond donors (Lipinski definition) is 0. The van der Waals surface area contributed by atoms with Crippen LogP contribution < -0.4 is 4.74 Å². The predicted molar refractivity (Wildman–Crippen MR) is 104 cm³/mol. The van der Waals surface area contributed by atoms with Gasteiger partial charge < -0.3 is 9.30 Å². The van der Waals surface area contributed by atoms with Gasteiger partial charge in [0, 0.05) is 24.9 Å². The summed E-state index contributed by atoms with van der Waals surface area (Å²) in [7, 11) is 3.66. The minimum atomic E-state index is 0.288. The SMILES string of the molecule is COc1nc([C@@H]2C[C@H]2c2nc3ccccc3n2C)cc(-n2nc(C)nc2C)n1. The molecule has 8 heteroatoms. The fourth-order valence-electron chi connectivity index (χ4n) is 3.86. The topological polar surface area (TPSA) is 83.5 Å². The zero-order valence-electron chi connectivity index (χ0n) is 16.3. The van der Waals surface area contributed by atoms with Gasteiger partial charge in [-0.25, -0.2) is 9.97 Å². The number of aryl methyl sites for hydroxylation is 3. The third kappa shape index (κ3) is 2.64. The number of methoxy groups -OCH3 is 1. The fourth-order valence-corrected chi connectivity index (χ4v) is 3.86. The Morgan fingerprint density at radius 1 is 1.04 bits per heavy atom. The van der Waals surface area contributed by atoms with Crippen LogP contribution in [0, 0.1) is 13.8 Å². The number of hydrogen-bond acceptors (Lipinski definition) is 6. The quantitative estimate of drug-likeness (QED) is 0.545. The van der Waals surface area contributed by atoms with Crippen LogP contribution >= 0.6 is 0 Å². The van der Waals surface area contributed by atoms with Crippen molar-refractivity contribution in [3.8, 4) is 11.8 Å². The Balaban J connectivity index is 1.52. The molecule has 0 spiro atoms. The van der Waals surface area contributed by atoms with Crippen molar-refractivity contribution >= 4 is 11.0 Å². The van der Waals surface area contributed by atoms with Crippen LogP contribution in [0.3, 0.4) is 0 Å². The largest absolute Gasteiger partial charge is 0.467 e. The molecule has 0 radical (unpaired) electrons. The first-order valence-corrected chi connectivity index (χ1v) is 9.30. The Morgan fingerprint density at radius 2 is 1.86 bits per heavy atom. The standard InChI is InChI=1S/C20H21N7O/c1-11-21-12(2)27(25-11)18-10-16(23-20(24-18)28-4)13-9-14(13)19-22-15-7-5-6-8-17(15)26(19)3/h5-8,10,13-14H,9H2,1-4H3/t13-,14-/m1/s1. The van der Waals surface area contributed by atoms with Crippen molar-refractivity contribution in [2.45, 2.75) is 32.1 Å². The number of fused-ring (bicyclic) bond motifs is 1. The molecule has 4 aromatic rings. The average molecular weight is 375 g/mol. The van der Waals surface area contributed by atoms with Gasteiger partial charge in [0.1, 0.15) is 17.5 Å². The van der Waals surface area contributed by atoms with Crippen LogP contribution in [0.5, 0.6) is 6.01 Å². The molecule has 28 heavy (non-hydrogen) atoms. The maximum absolute atomic E-state index is 5.35. The second-order valence-corrected chi connectivity index (χ2v) is 7.22. The van der Waals surface area contributed by atoms with Crippen LogP contribution in [0.4, 0.5) is 0 Å². The van der Waals surface area contributed by atoms with Gasteiger partial charge in [0.05, 0.1) is 23.8 Å². The first kappa shape index (κ1) is 16.9. The number of para-hydroxylation sites is 2. The van der Waals surface area contributed by atoms with Crippen molar-refractivity contribution in [3.63, 3.8) is 0 Å². The van der Waals surface area contributed by atoms with E-state index < -0.39 is 0 Å². The van der Waals surface area contributed by atoms with Gasteiger partial charge in [0.2, 0.25) is 0 Å². The van der Waals surface area contributed by atoms with Crippen molar-refractivity contribution in [2.75, 3.05) is 7.11 Å². The summed E-state index contributed by atoms with van der Waals surface area (Å²) in [5.41, 5.74) is 3.13. The maximum Gasteiger partial charge on any atom is 0.318 e. The molecule has 5 rings (SSSR count). The third-order valence-corrected chi connectivity index (χ3v) is 5.31. The zero-order chi connectivity index (χ0) is 19.4. The van der Waals surface area contributed by atoms with Gasteiger partial charge in [-0.2, -0.15) is 14.6 Å². The molecule has 3 heterocycles. The first-order chi connectivity index (χ1) is 13.5. The minimum Gasteiger partial charge on any atom is -0.467 e. The molecule has 1 aliphatic rings. The van der Waals surface area contributed by atoms with Crippen LogP contribution in [-0.2, 0) is 7.05 Å². The van der Waals surface area contributed by atoms with E-state index in [0.717, 1.165) is 34.8 Å². The average Bonchev–Trinajstić information content (AvgIpc) is 3.33. The molecule has 1 saturated carbocycles. The van der Waals surface area contributed by atoms with Crippen LogP contribution in [-0.4, -0.2) is 41.4 Å². The molecule has 8 nitrogen and oxygen atoms in total. The molecule has 0 unspecified atom stereocenters. The Kier molecular flexibility index (Phi) is 3.68. The molecule has 2 atom stereocenters. The Labute approximate surface area is 162 Å². The summed E-state index contributed by atoms with van der Waals surface area (Å²) in [4.78, 5) is 18.3. The fraction of sp³-hybridized carbons (Fsp3) is 0.350. The van der Waals surface area contributed by atoms with E-state index in [1.54, 1.807) is 11.8 Å². The predicted octanol–water partition coefficient (Wildman–Crippen LogP) is 2.84. The molecular weight excluding hydrogens is 354 g/mol. The van der Waals surface area contributed by atoms with Crippen LogP contribution in [0.15, 0.2) is 30.3 Å². The van der Waals surface area contributed by atoms with Gasteiger partial charge in [-0.3, -0.25) is 0 Å². The third-order valence-electron chi connectivity index (χ3n) is 5.31. The van der Waals surface area contributed by atoms with Crippen molar-refractivity contribution in [1.82, 2.24) is 34.3 Å². The van der Waals surface area contributed by atoms with Crippen LogP contribution in [0.1, 0.15) is 41.4 Å². The van der Waals surface area contributed by atoms with Gasteiger partial charge in [-0.05, 0) is 32.4 Å². The highest BCUT2D eigenvalue weighted by Gasteiger charge is 2.44. The molecule has 0 N–H and O–H groups in total. The van der Waals surface area contributed by atoms with E-state index in [9.17, 15) is 0 Å². The molecule has 0 saturated heterocycles. The van der Waals surface area contributed by atoms with Crippen molar-refractivity contribution < 1.29 is 4.74 Å². The number of aromatic nitrogens is 7. The van der Waals surface area contributed by atoms with Gasteiger partial charge in [-0.1, -0.05) is 12.1 Å². The Bertz CT molecular complexity index is 1190. The summed E-state index contributed by atoms with van der Waals surface area (Å²) in [5, 5.41) is 4.44. The molecule has 1 aromatic carbocycles. The summed E-state index contributed by atoms with van der Waals surface area (Å²) in [5.74, 6) is 3.89. The summed E-state index contributed by atoms with van der Waals surface area (Å²) >= 11 is 0. The molecule has 3 aromatic heterocycles. The normalized spacial score (nSPS) is 18.6. The van der Waals surface area contributed by atoms with E-state index in [4.69, 9.17) is 9.72 Å². The number of benzene rings is 1. The molecule has 1 fully saturated rings. The second kappa shape index (κ2) is 6.12. The number of rotatable bonds is 4. The number of nitrogens with zero attached hydrogens (tertiary/aromatic N) is 7. The van der Waals surface area contributed by atoms with Gasteiger partial charge >= 0.3 is 6.01 Å². The second-order valence-electron chi connectivity index (χ2n) is 7.22. The molecule has 142 valence electrons. The Morgan fingerprint density at radius 3 is 2.57 bits per heavy atom. The lowest BCUT2D eigenvalue weighted by atomic mass is 10.2. The van der Waals surface area contributed by atoms with Crippen LogP contribution in [0.2, 0.25) is 0 Å². The van der Waals surface area contributed by atoms with E-state index in [1.165, 1.54) is 0 Å². The highest BCUT2D eigenvalue weighted by atomic mass is 16.5. The molecule has 0 bridgehead atoms. The van der Waals surface area contributed by atoms with Crippen LogP contribution in [0.25, 0.3) is 16.9 Å². The van der Waals surface area contributed by atoms with E-state index in [0.29, 0.717) is 23.6 Å². The lowest BCUT2D eigenvalue weighted by Gasteiger charge is -2.08. The van der Waals surface area contributed by atoms with Gasteiger partial charge in [-0.15, -0.1) is 5.10 Å². The Hall–Kier alpha value is -3.29.